The van der Waals surface area contributed by atoms with Crippen molar-refractivity contribution in [2.24, 2.45) is 0 Å². The molecule has 1 N–H and O–H groups in total. The van der Waals surface area contributed by atoms with Gasteiger partial charge < -0.3 is 19.5 Å². The number of aromatic nitrogens is 5. The van der Waals surface area contributed by atoms with Crippen LogP contribution in [0.1, 0.15) is 63.3 Å². The number of carbonyl (C=O) groups excluding carboxylic acids is 1. The topological polar surface area (TPSA) is 132 Å². The zero-order valence-corrected chi connectivity index (χ0v) is 29.7. The number of halogens is 1. The van der Waals surface area contributed by atoms with Gasteiger partial charge in [0.25, 0.3) is 5.56 Å². The van der Waals surface area contributed by atoms with Crippen molar-refractivity contribution in [3.63, 3.8) is 0 Å². The number of thiophene rings is 1. The largest absolute Gasteiger partial charge is 0.496 e. The lowest BCUT2D eigenvalue weighted by Crippen LogP contribution is -2.56. The van der Waals surface area contributed by atoms with Gasteiger partial charge in [0.1, 0.15) is 33.0 Å². The van der Waals surface area contributed by atoms with E-state index < -0.39 is 34.6 Å². The number of nitrogens with zero attached hydrogens (tertiary/aromatic N) is 5. The summed E-state index contributed by atoms with van der Waals surface area (Å²) in [5.74, 6) is -0.610. The number of hydrogen-bond donors (Lipinski definition) is 1. The first kappa shape index (κ1) is 35.2. The van der Waals surface area contributed by atoms with Crippen LogP contribution in [0.3, 0.4) is 0 Å². The number of carbonyl (C=O) groups is 1. The van der Waals surface area contributed by atoms with Crippen LogP contribution in [-0.2, 0) is 33.0 Å². The van der Waals surface area contributed by atoms with E-state index in [-0.39, 0.29) is 30.2 Å². The van der Waals surface area contributed by atoms with Crippen molar-refractivity contribution in [3.05, 3.63) is 104 Å². The zero-order valence-electron chi connectivity index (χ0n) is 28.9. The van der Waals surface area contributed by atoms with Crippen LogP contribution in [0.4, 0.5) is 4.39 Å². The smallest absolute Gasteiger partial charge is 0.333 e. The summed E-state index contributed by atoms with van der Waals surface area (Å²) in [4.78, 5) is 44.1. The molecule has 50 heavy (non-hydrogen) atoms. The molecule has 3 heterocycles. The third-order valence-corrected chi connectivity index (χ3v) is 10.2. The Balaban J connectivity index is 1.44. The maximum absolute atomic E-state index is 14.8. The van der Waals surface area contributed by atoms with Crippen LogP contribution in [0.25, 0.3) is 15.2 Å². The number of amides is 1. The van der Waals surface area contributed by atoms with Gasteiger partial charge in [0.05, 0.1) is 50.2 Å². The highest BCUT2D eigenvalue weighted by atomic mass is 32.1. The van der Waals surface area contributed by atoms with Crippen molar-refractivity contribution in [2.75, 3.05) is 7.11 Å². The molecule has 14 heteroatoms. The molecule has 6 rings (SSSR count). The molecule has 5 aromatic rings. The highest BCUT2D eigenvalue weighted by Gasteiger charge is 2.38. The number of rotatable bonds is 13. The maximum Gasteiger partial charge on any atom is 0.333 e. The summed E-state index contributed by atoms with van der Waals surface area (Å²) < 4.78 is 35.6. The van der Waals surface area contributed by atoms with Crippen molar-refractivity contribution in [1.29, 1.82) is 0 Å². The second kappa shape index (κ2) is 14.3. The highest BCUT2D eigenvalue weighted by Crippen LogP contribution is 2.38. The van der Waals surface area contributed by atoms with Crippen LogP contribution in [0.15, 0.2) is 70.5 Å². The minimum atomic E-state index is -1.57. The van der Waals surface area contributed by atoms with E-state index in [1.165, 1.54) is 72.3 Å². The lowest BCUT2D eigenvalue weighted by Gasteiger charge is -2.38. The molecular formula is C36H41FN6O6S. The molecule has 3 aromatic heterocycles. The molecule has 0 unspecified atom stereocenters. The van der Waals surface area contributed by atoms with Gasteiger partial charge in [-0.05, 0) is 58.4 Å². The molecule has 0 aliphatic heterocycles. The molecule has 1 saturated carbocycles. The van der Waals surface area contributed by atoms with Crippen LogP contribution in [0, 0.1) is 12.7 Å². The third-order valence-electron chi connectivity index (χ3n) is 8.95. The second-order valence-corrected chi connectivity index (χ2v) is 14.3. The summed E-state index contributed by atoms with van der Waals surface area (Å²) >= 11 is 1.17. The van der Waals surface area contributed by atoms with Gasteiger partial charge >= 0.3 is 5.69 Å². The van der Waals surface area contributed by atoms with Crippen LogP contribution >= 0.6 is 11.3 Å². The minimum absolute atomic E-state index is 0.0315. The standard InChI is InChI=1S/C36H41FN6O6S/c1-21(2)40-34(45)36(4,5)42-31(44)30-22(3)32(43-38-14-15-39-43)50-33(30)41(35(42)46)19-29(27-16-24(37)12-13-28(27)47-6)49-26-17-25(18-26)48-20-23-10-8-7-9-11-23/h7-16,21,25-26,29H,17-20H2,1-6H3,(H,40,45)/t25-,26+,29-/m0/s1. The van der Waals surface area contributed by atoms with Crippen molar-refractivity contribution in [3.8, 4) is 10.8 Å². The Bertz CT molecular complexity index is 2100. The number of ether oxygens (including phenoxy) is 3. The number of hydrogen-bond acceptors (Lipinski definition) is 9. The normalized spacial score (nSPS) is 16.8. The summed E-state index contributed by atoms with van der Waals surface area (Å²) in [6.45, 7) is 8.79. The quantitative estimate of drug-likeness (QED) is 0.181. The van der Waals surface area contributed by atoms with Gasteiger partial charge in [0, 0.05) is 30.0 Å². The van der Waals surface area contributed by atoms with Crippen molar-refractivity contribution >= 4 is 27.5 Å². The molecule has 264 valence electrons. The van der Waals surface area contributed by atoms with Gasteiger partial charge in [-0.3, -0.25) is 14.2 Å². The third kappa shape index (κ3) is 6.87. The fourth-order valence-corrected chi connectivity index (χ4v) is 7.38. The van der Waals surface area contributed by atoms with E-state index in [0.717, 1.165) is 10.1 Å². The molecule has 0 bridgehead atoms. The predicted octanol–water partition coefficient (Wildman–Crippen LogP) is 5.03. The molecular weight excluding hydrogens is 663 g/mol. The fourth-order valence-electron chi connectivity index (χ4n) is 6.16. The first-order chi connectivity index (χ1) is 23.9. The fraction of sp³-hybridized carbons (Fsp3) is 0.417. The summed E-state index contributed by atoms with van der Waals surface area (Å²) in [7, 11) is 1.48. The van der Waals surface area contributed by atoms with Gasteiger partial charge in [-0.1, -0.05) is 41.7 Å². The molecule has 1 aliphatic rings. The van der Waals surface area contributed by atoms with Crippen LogP contribution in [0.5, 0.6) is 5.75 Å². The Kier molecular flexibility index (Phi) is 10.1. The first-order valence-electron chi connectivity index (χ1n) is 16.5. The Morgan fingerprint density at radius 2 is 1.78 bits per heavy atom. The number of benzene rings is 2. The van der Waals surface area contributed by atoms with E-state index in [4.69, 9.17) is 14.2 Å². The van der Waals surface area contributed by atoms with Gasteiger partial charge in [-0.15, -0.1) is 4.80 Å². The number of methoxy groups -OCH3 is 1. The SMILES string of the molecule is COc1ccc(F)cc1[C@H](Cn1c(=O)n(C(C)(C)C(=O)NC(C)C)c(=O)c2c(C)c(-n3nccn3)sc21)O[C@H]1C[C@@H](OCc2ccccc2)C1. The van der Waals surface area contributed by atoms with E-state index in [2.05, 4.69) is 15.5 Å². The lowest BCUT2D eigenvalue weighted by atomic mass is 9.91. The lowest BCUT2D eigenvalue weighted by molar-refractivity contribution is -0.134. The predicted molar refractivity (Wildman–Crippen MR) is 187 cm³/mol. The summed E-state index contributed by atoms with van der Waals surface area (Å²) in [5.41, 5.74) is -0.884. The molecule has 1 amide bonds. The Hall–Kier alpha value is -4.66. The van der Waals surface area contributed by atoms with Crippen LogP contribution < -0.4 is 21.3 Å². The van der Waals surface area contributed by atoms with Gasteiger partial charge in [0.15, 0.2) is 0 Å². The van der Waals surface area contributed by atoms with Crippen LogP contribution in [0.2, 0.25) is 0 Å². The summed E-state index contributed by atoms with van der Waals surface area (Å²) in [6, 6.07) is 13.8. The highest BCUT2D eigenvalue weighted by molar-refractivity contribution is 7.21. The van der Waals surface area contributed by atoms with E-state index in [1.54, 1.807) is 20.8 Å². The van der Waals surface area contributed by atoms with Gasteiger partial charge in [-0.25, -0.2) is 13.8 Å². The van der Waals surface area contributed by atoms with E-state index in [1.807, 2.05) is 30.3 Å². The molecule has 1 atom stereocenters. The molecule has 1 fully saturated rings. The molecule has 0 radical (unpaired) electrons. The Morgan fingerprint density at radius 1 is 1.08 bits per heavy atom. The average molecular weight is 705 g/mol. The maximum atomic E-state index is 14.8. The Morgan fingerprint density at radius 3 is 2.44 bits per heavy atom. The minimum Gasteiger partial charge on any atom is -0.496 e. The van der Waals surface area contributed by atoms with Crippen LogP contribution in [-0.4, -0.2) is 55.4 Å². The Labute approximate surface area is 292 Å². The molecule has 1 aliphatic carbocycles. The monoisotopic (exact) mass is 704 g/mol. The number of fused-ring (bicyclic) bond motifs is 1. The summed E-state index contributed by atoms with van der Waals surface area (Å²) in [6.07, 6.45) is 3.06. The van der Waals surface area contributed by atoms with Crippen molar-refractivity contribution in [1.82, 2.24) is 29.4 Å². The first-order valence-corrected chi connectivity index (χ1v) is 17.3. The number of aryl methyl sites for hydroxylation is 1. The molecule has 0 saturated heterocycles. The van der Waals surface area contributed by atoms with Gasteiger partial charge in [-0.2, -0.15) is 10.2 Å². The van der Waals surface area contributed by atoms with Crippen molar-refractivity contribution < 1.29 is 23.4 Å². The average Bonchev–Trinajstić information content (AvgIpc) is 3.71. The number of nitrogens with one attached hydrogen (secondary N) is 1. The van der Waals surface area contributed by atoms with Gasteiger partial charge in [0.2, 0.25) is 5.91 Å². The van der Waals surface area contributed by atoms with E-state index in [9.17, 15) is 18.8 Å². The van der Waals surface area contributed by atoms with Crippen molar-refractivity contribution in [2.45, 2.75) is 90.5 Å². The molecule has 0 spiro atoms. The van der Waals surface area contributed by atoms with E-state index >= 15 is 0 Å². The summed E-state index contributed by atoms with van der Waals surface area (Å²) in [5, 5.41) is 12.1. The molecule has 2 aromatic carbocycles. The zero-order chi connectivity index (χ0) is 35.7. The second-order valence-electron chi connectivity index (χ2n) is 13.3. The molecule has 12 nitrogen and oxygen atoms in total. The van der Waals surface area contributed by atoms with E-state index in [0.29, 0.717) is 46.2 Å².